The van der Waals surface area contributed by atoms with Crippen LogP contribution >= 0.6 is 22.9 Å². The minimum Gasteiger partial charge on any atom is -0.454 e. The number of hydrogen-bond donors (Lipinski definition) is 1. The molecule has 116 valence electrons. The van der Waals surface area contributed by atoms with Crippen LogP contribution < -0.4 is 10.2 Å². The number of benzene rings is 1. The predicted octanol–water partition coefficient (Wildman–Crippen LogP) is 2.05. The number of aromatic nitrogens is 1. The number of thiazole rings is 1. The van der Waals surface area contributed by atoms with E-state index in [1.54, 1.807) is 36.6 Å². The van der Waals surface area contributed by atoms with E-state index in [0.717, 1.165) is 11.3 Å². The van der Waals surface area contributed by atoms with Crippen LogP contribution in [0, 0.1) is 6.92 Å². The van der Waals surface area contributed by atoms with E-state index in [4.69, 9.17) is 16.3 Å². The van der Waals surface area contributed by atoms with E-state index in [1.165, 1.54) is 4.57 Å². The summed E-state index contributed by atoms with van der Waals surface area (Å²) in [6.45, 7) is 1.06. The maximum Gasteiger partial charge on any atom is 0.326 e. The second kappa shape index (κ2) is 7.24. The fraction of sp³-hybridized carbons (Fsp3) is 0.214. The van der Waals surface area contributed by atoms with Gasteiger partial charge in [-0.1, -0.05) is 35.1 Å². The van der Waals surface area contributed by atoms with Crippen LogP contribution in [0.5, 0.6) is 0 Å². The summed E-state index contributed by atoms with van der Waals surface area (Å²) in [5.41, 5.74) is 1.11. The van der Waals surface area contributed by atoms with E-state index >= 15 is 0 Å². The van der Waals surface area contributed by atoms with Crippen molar-refractivity contribution in [2.24, 2.45) is 0 Å². The Bertz CT molecular complexity index is 753. The molecule has 0 unspecified atom stereocenters. The van der Waals surface area contributed by atoms with Gasteiger partial charge in [-0.05, 0) is 19.1 Å². The first kappa shape index (κ1) is 16.3. The second-order valence-corrected chi connectivity index (χ2v) is 5.65. The maximum atomic E-state index is 11.7. The summed E-state index contributed by atoms with van der Waals surface area (Å²) in [7, 11) is 0. The van der Waals surface area contributed by atoms with E-state index < -0.39 is 18.5 Å². The Labute approximate surface area is 135 Å². The lowest BCUT2D eigenvalue weighted by molar-refractivity contribution is -0.147. The predicted molar refractivity (Wildman–Crippen MR) is 84.4 cm³/mol. The van der Waals surface area contributed by atoms with Crippen LogP contribution in [0.1, 0.15) is 5.69 Å². The van der Waals surface area contributed by atoms with Gasteiger partial charge in [-0.15, -0.1) is 0 Å². The number of hydrogen-bond acceptors (Lipinski definition) is 5. The largest absolute Gasteiger partial charge is 0.454 e. The molecule has 1 amide bonds. The van der Waals surface area contributed by atoms with Crippen LogP contribution in [-0.2, 0) is 20.9 Å². The van der Waals surface area contributed by atoms with Gasteiger partial charge in [0.15, 0.2) is 6.61 Å². The average molecular weight is 341 g/mol. The van der Waals surface area contributed by atoms with Gasteiger partial charge in [0.1, 0.15) is 6.54 Å². The zero-order chi connectivity index (χ0) is 16.1. The van der Waals surface area contributed by atoms with Gasteiger partial charge in [-0.2, -0.15) is 0 Å². The molecule has 6 nitrogen and oxygen atoms in total. The molecule has 0 bridgehead atoms. The summed E-state index contributed by atoms with van der Waals surface area (Å²) in [6, 6.07) is 6.73. The van der Waals surface area contributed by atoms with Crippen molar-refractivity contribution in [1.82, 2.24) is 4.57 Å². The number of rotatable bonds is 5. The molecule has 8 heteroatoms. The quantitative estimate of drug-likeness (QED) is 0.845. The summed E-state index contributed by atoms with van der Waals surface area (Å²) in [5, 5.41) is 4.58. The highest BCUT2D eigenvalue weighted by Gasteiger charge is 2.12. The number of carbonyl (C=O) groups excluding carboxylic acids is 2. The molecule has 0 fully saturated rings. The Morgan fingerprint density at radius 1 is 1.36 bits per heavy atom. The van der Waals surface area contributed by atoms with Gasteiger partial charge in [0.05, 0.1) is 10.7 Å². The minimum atomic E-state index is -0.655. The molecule has 22 heavy (non-hydrogen) atoms. The van der Waals surface area contributed by atoms with Crippen LogP contribution in [0.25, 0.3) is 0 Å². The molecular formula is C14H13ClN2O4S. The van der Waals surface area contributed by atoms with E-state index in [2.05, 4.69) is 5.32 Å². The van der Waals surface area contributed by atoms with E-state index in [-0.39, 0.29) is 11.4 Å². The van der Waals surface area contributed by atoms with Gasteiger partial charge in [0.2, 0.25) is 0 Å². The van der Waals surface area contributed by atoms with Crippen molar-refractivity contribution in [1.29, 1.82) is 0 Å². The molecule has 1 heterocycles. The molecular weight excluding hydrogens is 328 g/mol. The molecule has 0 saturated heterocycles. The lowest BCUT2D eigenvalue weighted by atomic mass is 10.3. The summed E-state index contributed by atoms with van der Waals surface area (Å²) in [4.78, 5) is 34.6. The number of esters is 1. The highest BCUT2D eigenvalue weighted by atomic mass is 35.5. The van der Waals surface area contributed by atoms with E-state index in [0.29, 0.717) is 16.4 Å². The van der Waals surface area contributed by atoms with Crippen molar-refractivity contribution in [3.63, 3.8) is 0 Å². The summed E-state index contributed by atoms with van der Waals surface area (Å²) in [6.07, 6.45) is 0. The third kappa shape index (κ3) is 4.19. The second-order valence-electron chi connectivity index (χ2n) is 4.42. The Balaban J connectivity index is 1.85. The van der Waals surface area contributed by atoms with Crippen molar-refractivity contribution in [3.05, 3.63) is 50.0 Å². The molecule has 0 saturated carbocycles. The van der Waals surface area contributed by atoms with Gasteiger partial charge in [0.25, 0.3) is 5.91 Å². The molecule has 1 N–H and O–H groups in total. The van der Waals surface area contributed by atoms with Crippen LogP contribution in [0.15, 0.2) is 34.4 Å². The Morgan fingerprint density at radius 2 is 2.09 bits per heavy atom. The molecule has 2 aromatic rings. The number of nitrogens with zero attached hydrogens (tertiary/aromatic N) is 1. The first-order valence-corrected chi connectivity index (χ1v) is 7.58. The van der Waals surface area contributed by atoms with Crippen molar-refractivity contribution < 1.29 is 14.3 Å². The molecule has 0 atom stereocenters. The Hall–Kier alpha value is -2.12. The standard InChI is InChI=1S/C14H13ClN2O4S/c1-9-8-22-14(20)17(9)6-13(19)21-7-12(18)16-11-5-3-2-4-10(11)15/h2-5,8H,6-7H2,1H3,(H,16,18). The molecule has 2 rings (SSSR count). The van der Waals surface area contributed by atoms with Crippen LogP contribution in [0.3, 0.4) is 0 Å². The number of ether oxygens (including phenoxy) is 1. The maximum absolute atomic E-state index is 11.7. The zero-order valence-electron chi connectivity index (χ0n) is 11.7. The number of halogens is 1. The van der Waals surface area contributed by atoms with Crippen LogP contribution in [-0.4, -0.2) is 23.1 Å². The molecule has 1 aromatic carbocycles. The Morgan fingerprint density at radius 3 is 2.73 bits per heavy atom. The minimum absolute atomic E-state index is 0.215. The first-order chi connectivity index (χ1) is 10.5. The number of para-hydroxylation sites is 1. The van der Waals surface area contributed by atoms with E-state index in [1.807, 2.05) is 0 Å². The zero-order valence-corrected chi connectivity index (χ0v) is 13.2. The lowest BCUT2D eigenvalue weighted by Crippen LogP contribution is -2.26. The summed E-state index contributed by atoms with van der Waals surface area (Å²) >= 11 is 6.91. The number of aryl methyl sites for hydroxylation is 1. The molecule has 0 radical (unpaired) electrons. The van der Waals surface area contributed by atoms with Gasteiger partial charge in [0, 0.05) is 11.1 Å². The van der Waals surface area contributed by atoms with Gasteiger partial charge in [-0.25, -0.2) is 0 Å². The molecule has 0 aliphatic carbocycles. The monoisotopic (exact) mass is 340 g/mol. The molecule has 0 aliphatic heterocycles. The van der Waals surface area contributed by atoms with Crippen molar-refractivity contribution in [2.45, 2.75) is 13.5 Å². The average Bonchev–Trinajstić information content (AvgIpc) is 2.79. The smallest absolute Gasteiger partial charge is 0.326 e. The fourth-order valence-electron chi connectivity index (χ4n) is 1.67. The third-order valence-electron chi connectivity index (χ3n) is 2.78. The van der Waals surface area contributed by atoms with E-state index in [9.17, 15) is 14.4 Å². The van der Waals surface area contributed by atoms with Gasteiger partial charge in [-0.3, -0.25) is 19.0 Å². The van der Waals surface area contributed by atoms with Crippen molar-refractivity contribution >= 4 is 40.5 Å². The normalized spacial score (nSPS) is 10.3. The number of carbonyl (C=O) groups is 2. The van der Waals surface area contributed by atoms with Crippen LogP contribution in [0.2, 0.25) is 5.02 Å². The summed E-state index contributed by atoms with van der Waals surface area (Å²) < 4.78 is 6.14. The number of amides is 1. The molecule has 0 aliphatic rings. The first-order valence-electron chi connectivity index (χ1n) is 6.32. The lowest BCUT2D eigenvalue weighted by Gasteiger charge is -2.08. The fourth-order valence-corrected chi connectivity index (χ4v) is 2.58. The van der Waals surface area contributed by atoms with Crippen molar-refractivity contribution in [3.8, 4) is 0 Å². The Kier molecular flexibility index (Phi) is 5.35. The van der Waals surface area contributed by atoms with Gasteiger partial charge >= 0.3 is 10.8 Å². The third-order valence-corrected chi connectivity index (χ3v) is 3.99. The molecule has 0 spiro atoms. The molecule has 1 aromatic heterocycles. The SMILES string of the molecule is Cc1csc(=O)n1CC(=O)OCC(=O)Nc1ccccc1Cl. The van der Waals surface area contributed by atoms with Crippen LogP contribution in [0.4, 0.5) is 5.69 Å². The number of nitrogens with one attached hydrogen (secondary N) is 1. The van der Waals surface area contributed by atoms with Gasteiger partial charge < -0.3 is 10.1 Å². The highest BCUT2D eigenvalue weighted by molar-refractivity contribution is 7.07. The summed E-state index contributed by atoms with van der Waals surface area (Å²) in [5.74, 6) is -1.16. The highest BCUT2D eigenvalue weighted by Crippen LogP contribution is 2.20. The van der Waals surface area contributed by atoms with Crippen molar-refractivity contribution in [2.75, 3.05) is 11.9 Å². The topological polar surface area (TPSA) is 77.4 Å². The number of anilines is 1.